The van der Waals surface area contributed by atoms with Crippen LogP contribution >= 0.6 is 0 Å². The van der Waals surface area contributed by atoms with Gasteiger partial charge in [0.2, 0.25) is 23.6 Å². The Morgan fingerprint density at radius 3 is 1.86 bits per heavy atom. The number of rotatable bonds is 21. The van der Waals surface area contributed by atoms with E-state index in [2.05, 4.69) is 26.3 Å². The Balaban J connectivity index is 1.51. The molecule has 0 aliphatic heterocycles. The van der Waals surface area contributed by atoms with E-state index in [0.717, 1.165) is 29.5 Å². The number of unbranched alkanes of at least 4 members (excludes halogenated alkanes) is 3. The summed E-state index contributed by atoms with van der Waals surface area (Å²) >= 11 is 0. The molecule has 51 heavy (non-hydrogen) atoms. The molecule has 13 heteroatoms. The molecule has 272 valence electrons. The summed E-state index contributed by atoms with van der Waals surface area (Å²) in [6.07, 6.45) is 3.80. The number of nitrogens with two attached hydrogens (primary N) is 1. The maximum absolute atomic E-state index is 13.8. The maximum atomic E-state index is 13.8. The van der Waals surface area contributed by atoms with E-state index >= 15 is 0 Å². The Bertz CT molecular complexity index is 1540. The van der Waals surface area contributed by atoms with Gasteiger partial charge >= 0.3 is 5.97 Å². The average molecular weight is 701 g/mol. The predicted octanol–water partition coefficient (Wildman–Crippen LogP) is 3.47. The average Bonchev–Trinajstić information content (AvgIpc) is 3.11. The van der Waals surface area contributed by atoms with Gasteiger partial charge < -0.3 is 31.9 Å². The number of carbonyl (C=O) groups is 5. The highest BCUT2D eigenvalue weighted by molar-refractivity contribution is 5.96. The predicted molar refractivity (Wildman–Crippen MR) is 193 cm³/mol. The third kappa shape index (κ3) is 15.6. The molecule has 3 aromatic rings. The van der Waals surface area contributed by atoms with E-state index in [1.807, 2.05) is 60.7 Å². The number of benzene rings is 3. The molecule has 0 aliphatic rings. The van der Waals surface area contributed by atoms with Crippen LogP contribution in [0, 0.1) is 0 Å². The Kier molecular flexibility index (Phi) is 17.2. The molecule has 13 nitrogen and oxygen atoms in total. The molecule has 0 saturated carbocycles. The summed E-state index contributed by atoms with van der Waals surface area (Å²) in [6, 6.07) is 24.3. The quantitative estimate of drug-likeness (QED) is 0.0496. The van der Waals surface area contributed by atoms with Crippen molar-refractivity contribution in [1.29, 1.82) is 0 Å². The van der Waals surface area contributed by atoms with Gasteiger partial charge in [0, 0.05) is 32.5 Å². The van der Waals surface area contributed by atoms with Crippen molar-refractivity contribution in [2.24, 2.45) is 10.7 Å². The van der Waals surface area contributed by atoms with E-state index in [-0.39, 0.29) is 74.2 Å². The van der Waals surface area contributed by atoms with Crippen LogP contribution in [0.1, 0.15) is 80.4 Å². The SMILES string of the molecule is NC(=NCCC[C@@H](NC(=O)C(c1ccccc1)c1ccccc1)C(=O)NCc1ccc(O)cc1)NC(=O)CCCCCCC(=O)NCCC(=O)O. The molecule has 3 aromatic carbocycles. The van der Waals surface area contributed by atoms with Gasteiger partial charge in [-0.3, -0.25) is 34.3 Å². The topological polar surface area (TPSA) is 212 Å². The van der Waals surface area contributed by atoms with Gasteiger partial charge in [-0.2, -0.15) is 0 Å². The standard InChI is InChI=1S/C38H48N6O7/c39-38(44-33(47)18-10-2-1-9-17-32(46)40-25-23-34(48)49)41-24-11-16-31(36(50)42-26-27-19-21-30(45)22-20-27)43-37(51)35(28-12-5-3-6-13-28)29-14-7-4-8-15-29/h3-8,12-15,19-22,31,35,45H,1-2,9-11,16-18,23-26H2,(H,40,46)(H,42,50)(H,43,51)(H,48,49)(H3,39,41,44,47)/t31-/m1/s1. The molecule has 0 bridgehead atoms. The Morgan fingerprint density at radius 2 is 1.27 bits per heavy atom. The molecule has 0 unspecified atom stereocenters. The zero-order valence-corrected chi connectivity index (χ0v) is 28.7. The number of phenolic OH excluding ortho intramolecular Hbond substituents is 1. The number of aliphatic carboxylic acids is 1. The molecular weight excluding hydrogens is 652 g/mol. The number of guanidine groups is 1. The van der Waals surface area contributed by atoms with Gasteiger partial charge in [0.15, 0.2) is 5.96 Å². The summed E-state index contributed by atoms with van der Waals surface area (Å²) in [6.45, 7) is 0.516. The van der Waals surface area contributed by atoms with E-state index in [1.54, 1.807) is 12.1 Å². The second kappa shape index (κ2) is 22.1. The van der Waals surface area contributed by atoms with Gasteiger partial charge in [0.05, 0.1) is 12.3 Å². The van der Waals surface area contributed by atoms with Gasteiger partial charge in [-0.05, 0) is 54.5 Å². The summed E-state index contributed by atoms with van der Waals surface area (Å²) in [7, 11) is 0. The van der Waals surface area contributed by atoms with Gasteiger partial charge in [-0.15, -0.1) is 0 Å². The van der Waals surface area contributed by atoms with Crippen LogP contribution in [0.25, 0.3) is 0 Å². The van der Waals surface area contributed by atoms with E-state index in [9.17, 15) is 29.1 Å². The van der Waals surface area contributed by atoms with Crippen molar-refractivity contribution in [2.75, 3.05) is 13.1 Å². The Morgan fingerprint density at radius 1 is 0.686 bits per heavy atom. The lowest BCUT2D eigenvalue weighted by atomic mass is 9.90. The molecule has 4 amide bonds. The fourth-order valence-electron chi connectivity index (χ4n) is 5.30. The second-order valence-electron chi connectivity index (χ2n) is 12.1. The molecule has 0 fully saturated rings. The first kappa shape index (κ1) is 39.7. The molecule has 0 heterocycles. The van der Waals surface area contributed by atoms with Crippen molar-refractivity contribution in [2.45, 2.75) is 76.3 Å². The minimum atomic E-state index is -0.964. The smallest absolute Gasteiger partial charge is 0.305 e. The largest absolute Gasteiger partial charge is 0.508 e. The molecule has 0 aromatic heterocycles. The number of aromatic hydroxyl groups is 1. The van der Waals surface area contributed by atoms with Crippen LogP contribution in [0.5, 0.6) is 5.75 Å². The lowest BCUT2D eigenvalue weighted by Gasteiger charge is -2.23. The highest BCUT2D eigenvalue weighted by Gasteiger charge is 2.27. The van der Waals surface area contributed by atoms with Crippen LogP contribution in [0.15, 0.2) is 89.9 Å². The first-order valence-corrected chi connectivity index (χ1v) is 17.2. The molecule has 1 atom stereocenters. The molecule has 3 rings (SSSR count). The Hall–Kier alpha value is -5.72. The summed E-state index contributed by atoms with van der Waals surface area (Å²) in [5, 5.41) is 29.2. The monoisotopic (exact) mass is 700 g/mol. The number of carboxylic acids is 1. The molecule has 0 saturated heterocycles. The van der Waals surface area contributed by atoms with Crippen molar-refractivity contribution in [3.05, 3.63) is 102 Å². The van der Waals surface area contributed by atoms with Crippen LogP contribution in [0.4, 0.5) is 0 Å². The van der Waals surface area contributed by atoms with Crippen LogP contribution in [-0.2, 0) is 30.5 Å². The van der Waals surface area contributed by atoms with Gasteiger partial charge in [0.1, 0.15) is 11.8 Å². The molecule has 8 N–H and O–H groups in total. The van der Waals surface area contributed by atoms with Crippen LogP contribution in [0.3, 0.4) is 0 Å². The summed E-state index contributed by atoms with van der Waals surface area (Å²) < 4.78 is 0. The van der Waals surface area contributed by atoms with Gasteiger partial charge in [-0.25, -0.2) is 0 Å². The van der Waals surface area contributed by atoms with E-state index in [4.69, 9.17) is 10.8 Å². The fraction of sp³-hybridized carbons (Fsp3) is 0.368. The van der Waals surface area contributed by atoms with Crippen LogP contribution in [-0.4, -0.2) is 64.9 Å². The molecule has 0 radical (unpaired) electrons. The highest BCUT2D eigenvalue weighted by Crippen LogP contribution is 2.25. The van der Waals surface area contributed by atoms with Gasteiger partial charge in [-0.1, -0.05) is 85.6 Å². The lowest BCUT2D eigenvalue weighted by Crippen LogP contribution is -2.48. The van der Waals surface area contributed by atoms with Gasteiger partial charge in [0.25, 0.3) is 0 Å². The van der Waals surface area contributed by atoms with E-state index in [1.165, 1.54) is 12.1 Å². The lowest BCUT2D eigenvalue weighted by molar-refractivity contribution is -0.137. The minimum Gasteiger partial charge on any atom is -0.508 e. The summed E-state index contributed by atoms with van der Waals surface area (Å²) in [4.78, 5) is 66.0. The van der Waals surface area contributed by atoms with Crippen molar-refractivity contribution < 1.29 is 34.2 Å². The summed E-state index contributed by atoms with van der Waals surface area (Å²) in [5.41, 5.74) is 8.29. The number of nitrogens with one attached hydrogen (secondary N) is 4. The normalized spacial score (nSPS) is 11.7. The third-order valence-electron chi connectivity index (χ3n) is 7.98. The number of aliphatic imine (C=N–C) groups is 1. The van der Waals surface area contributed by atoms with Crippen molar-refractivity contribution in [1.82, 2.24) is 21.3 Å². The first-order valence-electron chi connectivity index (χ1n) is 17.2. The number of nitrogens with zero attached hydrogens (tertiary/aromatic N) is 1. The number of carboxylic acid groups (broad SMARTS) is 1. The number of hydrogen-bond donors (Lipinski definition) is 7. The summed E-state index contributed by atoms with van der Waals surface area (Å²) in [5.74, 6) is -2.70. The Labute approximate surface area is 298 Å². The minimum absolute atomic E-state index is 0.0383. The number of amides is 4. The molecular formula is C38H48N6O7. The number of phenols is 1. The molecule has 0 aliphatic carbocycles. The number of carbonyl (C=O) groups excluding carboxylic acids is 4. The third-order valence-corrected chi connectivity index (χ3v) is 7.98. The number of hydrogen-bond acceptors (Lipinski definition) is 7. The highest BCUT2D eigenvalue weighted by atomic mass is 16.4. The molecule has 0 spiro atoms. The van der Waals surface area contributed by atoms with Crippen molar-refractivity contribution in [3.63, 3.8) is 0 Å². The van der Waals surface area contributed by atoms with Crippen LogP contribution in [0.2, 0.25) is 0 Å². The van der Waals surface area contributed by atoms with E-state index < -0.39 is 17.9 Å². The zero-order valence-electron chi connectivity index (χ0n) is 28.7. The second-order valence-corrected chi connectivity index (χ2v) is 12.1. The first-order chi connectivity index (χ1) is 24.6. The fourth-order valence-corrected chi connectivity index (χ4v) is 5.30. The van der Waals surface area contributed by atoms with E-state index in [0.29, 0.717) is 25.7 Å². The van der Waals surface area contributed by atoms with Crippen molar-refractivity contribution >= 4 is 35.6 Å². The van der Waals surface area contributed by atoms with Crippen LogP contribution < -0.4 is 27.0 Å². The van der Waals surface area contributed by atoms with Crippen molar-refractivity contribution in [3.8, 4) is 5.75 Å². The maximum Gasteiger partial charge on any atom is 0.305 e. The zero-order chi connectivity index (χ0) is 36.8.